The molecule has 0 saturated carbocycles. The number of ether oxygens (including phenoxy) is 1. The number of benzene rings is 4. The lowest BCUT2D eigenvalue weighted by atomic mass is 9.76. The first-order valence-corrected chi connectivity index (χ1v) is 22.9. The molecule has 2 aromatic heterocycles. The number of amides is 3. The molecule has 360 valence electrons. The van der Waals surface area contributed by atoms with Crippen LogP contribution in [0.4, 0.5) is 17.3 Å². The van der Waals surface area contributed by atoms with Crippen molar-refractivity contribution in [1.82, 2.24) is 35.3 Å². The minimum atomic E-state index is -4.18. The fourth-order valence-electron chi connectivity index (χ4n) is 7.10. The Morgan fingerprint density at radius 2 is 1.70 bits per heavy atom. The molecule has 10 N–H and O–H groups in total. The van der Waals surface area contributed by atoms with Crippen LogP contribution >= 0.6 is 0 Å². The molecule has 0 unspecified atom stereocenters. The maximum Gasteiger partial charge on any atom is 0.489 e. The first kappa shape index (κ1) is 50.5. The van der Waals surface area contributed by atoms with Gasteiger partial charge in [0.25, 0.3) is 21.5 Å². The van der Waals surface area contributed by atoms with Crippen molar-refractivity contribution in [1.29, 1.82) is 0 Å². The van der Waals surface area contributed by atoms with E-state index in [9.17, 15) is 47.5 Å². The lowest BCUT2D eigenvalue weighted by Gasteiger charge is -2.17. The molecule has 22 nitrogen and oxygen atoms in total. The highest BCUT2D eigenvalue weighted by atomic mass is 32.2. The van der Waals surface area contributed by atoms with Gasteiger partial charge in [-0.1, -0.05) is 24.3 Å². The van der Waals surface area contributed by atoms with Gasteiger partial charge in [0.15, 0.2) is 11.2 Å². The smallest absolute Gasteiger partial charge is 0.489 e. The fraction of sp³-hybridized carbons (Fsp3) is 0.267. The fourth-order valence-corrected chi connectivity index (χ4v) is 8.33. The summed E-state index contributed by atoms with van der Waals surface area (Å²) in [4.78, 5) is 83.3. The molecule has 1 atom stereocenters. The van der Waals surface area contributed by atoms with Crippen molar-refractivity contribution in [3.8, 4) is 5.75 Å². The van der Waals surface area contributed by atoms with Crippen molar-refractivity contribution in [3.05, 3.63) is 112 Å². The van der Waals surface area contributed by atoms with Gasteiger partial charge in [-0.2, -0.15) is 4.98 Å². The molecule has 6 rings (SSSR count). The Hall–Kier alpha value is -7.96. The van der Waals surface area contributed by atoms with E-state index in [1.165, 1.54) is 30.5 Å². The molecule has 4 aromatic carbocycles. The van der Waals surface area contributed by atoms with Crippen LogP contribution in [0.1, 0.15) is 54.2 Å². The molecule has 0 aliphatic heterocycles. The zero-order chi connectivity index (χ0) is 49.8. The van der Waals surface area contributed by atoms with E-state index in [1.54, 1.807) is 49.4 Å². The number of rotatable bonds is 22. The number of H-pyrrole nitrogens is 1. The van der Waals surface area contributed by atoms with Crippen molar-refractivity contribution in [2.45, 2.75) is 50.1 Å². The standard InChI is InChI=1S/C45H50BN11O11S/c1-26(31-17-16-30(23-34(31)46(64)65)68-22-6-11-39(59)56-69(66,67)37-10-5-7-32-33(37)8-4-9-36(32)57(2)3)48-20-21-49-38(58)19-18-35(44(62)63)53-42(60)27-12-14-28(15-13-27)50-24-29-25-51-41-40(52-29)43(61)55-45(47)54-41/h4-5,7-10,12-17,23,25,35,50,64-65H,6,11,18-22,24H2,1-3H3,(H,49,58)(H,53,60)(H,56,59)(H,62,63)(H3,47,51,54,55,61)/t35-/m0/s1. The largest absolute Gasteiger partial charge is 0.494 e. The number of sulfonamides is 1. The number of hydrogen-bond donors (Lipinski definition) is 9. The number of aliphatic imine (C=N–C) groups is 1. The SMILES string of the molecule is CC(=NCCNC(=O)CC[C@H](NC(=O)c1ccc(NCc2cnc3nc(N)[nH]c(=O)c3n2)cc1)C(=O)O)c1ccc(OCCCC(=O)NS(=O)(=O)c2cccc3c(N(C)C)cccc23)cc1B(O)O. The summed E-state index contributed by atoms with van der Waals surface area (Å²) < 4.78 is 34.3. The summed E-state index contributed by atoms with van der Waals surface area (Å²) in [7, 11) is -2.38. The molecular weight excluding hydrogens is 913 g/mol. The van der Waals surface area contributed by atoms with Crippen LogP contribution in [0.5, 0.6) is 5.75 Å². The number of carboxylic acids is 1. The number of anilines is 3. The van der Waals surface area contributed by atoms with E-state index in [2.05, 4.69) is 45.6 Å². The molecule has 69 heavy (non-hydrogen) atoms. The van der Waals surface area contributed by atoms with E-state index in [-0.39, 0.29) is 90.7 Å². The minimum absolute atomic E-state index is 0.0144. The van der Waals surface area contributed by atoms with E-state index in [0.29, 0.717) is 28.0 Å². The summed E-state index contributed by atoms with van der Waals surface area (Å²) in [6.07, 6.45) is 1.02. The van der Waals surface area contributed by atoms with Gasteiger partial charge in [0.2, 0.25) is 17.8 Å². The van der Waals surface area contributed by atoms with Crippen molar-refractivity contribution < 1.29 is 47.5 Å². The van der Waals surface area contributed by atoms with E-state index >= 15 is 0 Å². The van der Waals surface area contributed by atoms with E-state index in [4.69, 9.17) is 10.5 Å². The van der Waals surface area contributed by atoms with Crippen molar-refractivity contribution in [2.75, 3.05) is 49.7 Å². The Bertz CT molecular complexity index is 3080. The predicted octanol–water partition coefficient (Wildman–Crippen LogP) is 1.06. The highest BCUT2D eigenvalue weighted by Crippen LogP contribution is 2.30. The number of nitrogen functional groups attached to an aromatic ring is 1. The molecule has 6 aromatic rings. The molecule has 0 aliphatic carbocycles. The number of nitrogens with one attached hydrogen (secondary N) is 5. The highest BCUT2D eigenvalue weighted by Gasteiger charge is 2.24. The van der Waals surface area contributed by atoms with Crippen LogP contribution in [0.2, 0.25) is 0 Å². The van der Waals surface area contributed by atoms with Gasteiger partial charge in [-0.15, -0.1) is 0 Å². The predicted molar refractivity (Wildman–Crippen MR) is 259 cm³/mol. The Labute approximate surface area is 395 Å². The number of hydrogen-bond acceptors (Lipinski definition) is 17. The van der Waals surface area contributed by atoms with E-state index in [1.807, 2.05) is 31.1 Å². The average Bonchev–Trinajstić information content (AvgIpc) is 3.31. The quantitative estimate of drug-likeness (QED) is 0.0261. The zero-order valence-corrected chi connectivity index (χ0v) is 38.5. The van der Waals surface area contributed by atoms with Crippen molar-refractivity contribution in [3.63, 3.8) is 0 Å². The van der Waals surface area contributed by atoms with E-state index in [0.717, 1.165) is 11.1 Å². The summed E-state index contributed by atoms with van der Waals surface area (Å²) in [6.45, 7) is 2.01. The second-order valence-corrected chi connectivity index (χ2v) is 17.4. The highest BCUT2D eigenvalue weighted by molar-refractivity contribution is 7.90. The maximum absolute atomic E-state index is 13.2. The lowest BCUT2D eigenvalue weighted by molar-refractivity contribution is -0.139. The second kappa shape index (κ2) is 22.7. The van der Waals surface area contributed by atoms with Crippen LogP contribution < -0.4 is 47.1 Å². The Balaban J connectivity index is 0.916. The number of carbonyl (C=O) groups is 4. The number of carbonyl (C=O) groups excluding carboxylic acids is 3. The molecule has 0 radical (unpaired) electrons. The lowest BCUT2D eigenvalue weighted by Crippen LogP contribution is -2.41. The third-order valence-corrected chi connectivity index (χ3v) is 12.0. The first-order chi connectivity index (χ1) is 32.9. The van der Waals surface area contributed by atoms with E-state index < -0.39 is 52.4 Å². The molecule has 3 amide bonds. The van der Waals surface area contributed by atoms with Crippen LogP contribution in [-0.2, 0) is 31.0 Å². The van der Waals surface area contributed by atoms with Gasteiger partial charge in [0.1, 0.15) is 11.8 Å². The number of aliphatic carboxylic acids is 1. The Kier molecular flexibility index (Phi) is 16.6. The molecule has 2 heterocycles. The van der Waals surface area contributed by atoms with Gasteiger partial charge in [0, 0.05) is 66.9 Å². The topological polar surface area (TPSA) is 334 Å². The van der Waals surface area contributed by atoms with Crippen molar-refractivity contribution in [2.24, 2.45) is 4.99 Å². The van der Waals surface area contributed by atoms with Crippen LogP contribution in [0.15, 0.2) is 99.7 Å². The Morgan fingerprint density at radius 3 is 2.42 bits per heavy atom. The molecule has 0 spiro atoms. The number of nitrogens with zero attached hydrogens (tertiary/aromatic N) is 5. The second-order valence-electron chi connectivity index (χ2n) is 15.8. The summed E-state index contributed by atoms with van der Waals surface area (Å²) in [5, 5.41) is 39.4. The van der Waals surface area contributed by atoms with Gasteiger partial charge in [-0.25, -0.2) is 27.9 Å². The maximum atomic E-state index is 13.2. The first-order valence-electron chi connectivity index (χ1n) is 21.4. The van der Waals surface area contributed by atoms with Gasteiger partial charge >= 0.3 is 13.1 Å². The third-order valence-electron chi connectivity index (χ3n) is 10.5. The number of aromatic nitrogens is 4. The molecular formula is C45H50BN11O11S. The van der Waals surface area contributed by atoms with Crippen LogP contribution in [0.3, 0.4) is 0 Å². The molecule has 24 heteroatoms. The van der Waals surface area contributed by atoms with Gasteiger partial charge in [-0.3, -0.25) is 29.2 Å². The van der Waals surface area contributed by atoms with Crippen LogP contribution in [0, 0.1) is 0 Å². The van der Waals surface area contributed by atoms with Crippen LogP contribution in [-0.4, -0.2) is 120 Å². The molecule has 0 bridgehead atoms. The monoisotopic (exact) mass is 963 g/mol. The zero-order valence-electron chi connectivity index (χ0n) is 37.7. The Morgan fingerprint density at radius 1 is 0.957 bits per heavy atom. The third kappa shape index (κ3) is 13.4. The summed E-state index contributed by atoms with van der Waals surface area (Å²) >= 11 is 0. The summed E-state index contributed by atoms with van der Waals surface area (Å²) in [6, 6.07) is 19.5. The van der Waals surface area contributed by atoms with Crippen LogP contribution in [0.25, 0.3) is 21.9 Å². The van der Waals surface area contributed by atoms with Gasteiger partial charge in [-0.05, 0) is 85.4 Å². The molecule has 0 saturated heterocycles. The molecule has 0 fully saturated rings. The number of nitrogens with two attached hydrogens (primary N) is 1. The summed E-state index contributed by atoms with van der Waals surface area (Å²) in [5.41, 5.74) is 8.09. The number of carboxylic acid groups (broad SMARTS) is 1. The minimum Gasteiger partial charge on any atom is -0.494 e. The number of fused-ring (bicyclic) bond motifs is 2. The van der Waals surface area contributed by atoms with Gasteiger partial charge < -0.3 is 46.5 Å². The van der Waals surface area contributed by atoms with Crippen molar-refractivity contribution >= 4 is 91.3 Å². The average molecular weight is 964 g/mol. The number of aromatic amines is 1. The summed E-state index contributed by atoms with van der Waals surface area (Å²) in [5.74, 6) is -2.99. The normalized spacial score (nSPS) is 12.0. The molecule has 0 aliphatic rings. The van der Waals surface area contributed by atoms with Gasteiger partial charge in [0.05, 0.1) is 36.5 Å².